The second kappa shape index (κ2) is 9.73. The molecule has 6 nitrogen and oxygen atoms in total. The maximum absolute atomic E-state index is 14.3. The second-order valence-electron chi connectivity index (χ2n) is 6.96. The van der Waals surface area contributed by atoms with E-state index >= 15 is 0 Å². The molecule has 0 fully saturated rings. The van der Waals surface area contributed by atoms with E-state index in [1.807, 2.05) is 26.0 Å². The van der Waals surface area contributed by atoms with Crippen LogP contribution in [0.2, 0.25) is 0 Å². The molecular weight excluding hydrogens is 395 g/mol. The van der Waals surface area contributed by atoms with Gasteiger partial charge in [0.05, 0.1) is 18.0 Å². The Hall–Kier alpha value is -2.61. The standard InChI is InChI=1S/C21H27FN2O4S/c1-5-19(24(29(4,26)27)20-9-7-6-8-18(20)22)21(25)23-14-16-10-12-17(13-11-16)28-15(2)3/h6-13,15,19H,5,14H2,1-4H3,(H,23,25)/t19-/m1/s1. The lowest BCUT2D eigenvalue weighted by Gasteiger charge is -2.30. The number of carbonyl (C=O) groups excluding carboxylic acids is 1. The number of nitrogens with one attached hydrogen (secondary N) is 1. The van der Waals surface area contributed by atoms with Crippen molar-refractivity contribution in [3.63, 3.8) is 0 Å². The van der Waals surface area contributed by atoms with E-state index in [-0.39, 0.29) is 24.8 Å². The van der Waals surface area contributed by atoms with E-state index in [9.17, 15) is 17.6 Å². The zero-order valence-corrected chi connectivity index (χ0v) is 17.9. The molecule has 2 aromatic rings. The number of sulfonamides is 1. The smallest absolute Gasteiger partial charge is 0.244 e. The van der Waals surface area contributed by atoms with Crippen molar-refractivity contribution >= 4 is 21.6 Å². The third-order valence-electron chi connectivity index (χ3n) is 4.18. The molecule has 0 spiro atoms. The number of benzene rings is 2. The SMILES string of the molecule is CC[C@H](C(=O)NCc1ccc(OC(C)C)cc1)N(c1ccccc1F)S(C)(=O)=O. The van der Waals surface area contributed by atoms with Gasteiger partial charge in [0.15, 0.2) is 0 Å². The highest BCUT2D eigenvalue weighted by atomic mass is 32.2. The molecule has 0 radical (unpaired) electrons. The third-order valence-corrected chi connectivity index (χ3v) is 5.35. The number of hydrogen-bond donors (Lipinski definition) is 1. The molecule has 0 aliphatic carbocycles. The molecule has 0 aliphatic heterocycles. The van der Waals surface area contributed by atoms with Gasteiger partial charge in [0.1, 0.15) is 17.6 Å². The van der Waals surface area contributed by atoms with Crippen LogP contribution in [0.5, 0.6) is 5.75 Å². The predicted molar refractivity (Wildman–Crippen MR) is 112 cm³/mol. The number of para-hydroxylation sites is 1. The summed E-state index contributed by atoms with van der Waals surface area (Å²) in [7, 11) is -3.88. The van der Waals surface area contributed by atoms with Crippen LogP contribution in [0.1, 0.15) is 32.8 Å². The van der Waals surface area contributed by atoms with Gasteiger partial charge in [-0.25, -0.2) is 12.8 Å². The van der Waals surface area contributed by atoms with Gasteiger partial charge in [-0.05, 0) is 50.1 Å². The number of amides is 1. The van der Waals surface area contributed by atoms with Gasteiger partial charge in [0, 0.05) is 6.54 Å². The summed E-state index contributed by atoms with van der Waals surface area (Å²) in [6.45, 7) is 5.76. The van der Waals surface area contributed by atoms with Gasteiger partial charge in [-0.3, -0.25) is 9.10 Å². The molecule has 0 aromatic heterocycles. The van der Waals surface area contributed by atoms with Crippen LogP contribution in [0.3, 0.4) is 0 Å². The summed E-state index contributed by atoms with van der Waals surface area (Å²) in [5.41, 5.74) is 0.688. The summed E-state index contributed by atoms with van der Waals surface area (Å²) in [6.07, 6.45) is 1.21. The molecule has 0 saturated heterocycles. The van der Waals surface area contributed by atoms with Gasteiger partial charge in [0.25, 0.3) is 0 Å². The van der Waals surface area contributed by atoms with Crippen molar-refractivity contribution in [1.29, 1.82) is 0 Å². The maximum Gasteiger partial charge on any atom is 0.244 e. The summed E-state index contributed by atoms with van der Waals surface area (Å²) in [5, 5.41) is 2.74. The van der Waals surface area contributed by atoms with Crippen LogP contribution in [0.4, 0.5) is 10.1 Å². The predicted octanol–water partition coefficient (Wildman–Crippen LogP) is 3.47. The highest BCUT2D eigenvalue weighted by Gasteiger charge is 2.32. The summed E-state index contributed by atoms with van der Waals surface area (Å²) in [5.74, 6) is -0.474. The third kappa shape index (κ3) is 6.19. The van der Waals surface area contributed by atoms with Crippen LogP contribution in [-0.4, -0.2) is 32.7 Å². The van der Waals surface area contributed by atoms with Gasteiger partial charge in [-0.15, -0.1) is 0 Å². The minimum atomic E-state index is -3.88. The molecule has 0 bridgehead atoms. The van der Waals surface area contributed by atoms with Crippen LogP contribution in [0.25, 0.3) is 0 Å². The number of anilines is 1. The Balaban J connectivity index is 2.16. The van der Waals surface area contributed by atoms with Crippen LogP contribution in [0.15, 0.2) is 48.5 Å². The molecule has 2 rings (SSSR count). The molecule has 1 atom stereocenters. The highest BCUT2D eigenvalue weighted by Crippen LogP contribution is 2.25. The number of halogens is 1. The molecule has 2 aromatic carbocycles. The largest absolute Gasteiger partial charge is 0.491 e. The van der Waals surface area contributed by atoms with E-state index < -0.39 is 27.8 Å². The first-order valence-electron chi connectivity index (χ1n) is 9.40. The molecule has 8 heteroatoms. The second-order valence-corrected chi connectivity index (χ2v) is 8.82. The van der Waals surface area contributed by atoms with E-state index in [2.05, 4.69) is 5.32 Å². The Kier molecular flexibility index (Phi) is 7.61. The van der Waals surface area contributed by atoms with Gasteiger partial charge in [-0.2, -0.15) is 0 Å². The monoisotopic (exact) mass is 422 g/mol. The number of rotatable bonds is 9. The minimum Gasteiger partial charge on any atom is -0.491 e. The van der Waals surface area contributed by atoms with E-state index in [0.29, 0.717) is 0 Å². The van der Waals surface area contributed by atoms with Gasteiger partial charge in [0.2, 0.25) is 15.9 Å². The quantitative estimate of drug-likeness (QED) is 0.671. The zero-order chi connectivity index (χ0) is 21.6. The maximum atomic E-state index is 14.3. The van der Waals surface area contributed by atoms with E-state index in [0.717, 1.165) is 21.9 Å². The molecule has 158 valence electrons. The molecule has 1 N–H and O–H groups in total. The lowest BCUT2D eigenvalue weighted by molar-refractivity contribution is -0.122. The van der Waals surface area contributed by atoms with Crippen LogP contribution < -0.4 is 14.4 Å². The number of nitrogens with zero attached hydrogens (tertiary/aromatic N) is 1. The van der Waals surface area contributed by atoms with Gasteiger partial charge >= 0.3 is 0 Å². The first kappa shape index (κ1) is 22.7. The first-order chi connectivity index (χ1) is 13.6. The fourth-order valence-corrected chi connectivity index (χ4v) is 4.14. The fourth-order valence-electron chi connectivity index (χ4n) is 2.93. The van der Waals surface area contributed by atoms with Crippen molar-refractivity contribution in [2.45, 2.75) is 45.9 Å². The first-order valence-corrected chi connectivity index (χ1v) is 11.3. The summed E-state index contributed by atoms with van der Waals surface area (Å²) in [6, 6.07) is 11.7. The Morgan fingerprint density at radius 1 is 1.14 bits per heavy atom. The molecule has 0 aliphatic rings. The fraction of sp³-hybridized carbons (Fsp3) is 0.381. The number of carbonyl (C=O) groups is 1. The number of hydrogen-bond acceptors (Lipinski definition) is 4. The molecule has 0 heterocycles. The van der Waals surface area contributed by atoms with Crippen molar-refractivity contribution in [2.75, 3.05) is 10.6 Å². The van der Waals surface area contributed by atoms with Gasteiger partial charge in [-0.1, -0.05) is 31.2 Å². The zero-order valence-electron chi connectivity index (χ0n) is 17.1. The summed E-state index contributed by atoms with van der Waals surface area (Å²) < 4.78 is 45.4. The molecule has 29 heavy (non-hydrogen) atoms. The van der Waals surface area contributed by atoms with Crippen molar-refractivity contribution < 1.29 is 22.3 Å². The Morgan fingerprint density at radius 3 is 2.28 bits per heavy atom. The summed E-state index contributed by atoms with van der Waals surface area (Å²) >= 11 is 0. The number of ether oxygens (including phenoxy) is 1. The highest BCUT2D eigenvalue weighted by molar-refractivity contribution is 7.92. The average molecular weight is 423 g/mol. The molecular formula is C21H27FN2O4S. The molecule has 0 unspecified atom stereocenters. The van der Waals surface area contributed by atoms with E-state index in [1.165, 1.54) is 24.3 Å². The van der Waals surface area contributed by atoms with Crippen molar-refractivity contribution in [3.05, 3.63) is 59.9 Å². The average Bonchev–Trinajstić information content (AvgIpc) is 2.64. The summed E-state index contributed by atoms with van der Waals surface area (Å²) in [4.78, 5) is 12.8. The van der Waals surface area contributed by atoms with Crippen LogP contribution >= 0.6 is 0 Å². The normalized spacial score (nSPS) is 12.5. The lowest BCUT2D eigenvalue weighted by Crippen LogP contribution is -2.49. The lowest BCUT2D eigenvalue weighted by atomic mass is 10.1. The van der Waals surface area contributed by atoms with E-state index in [1.54, 1.807) is 19.1 Å². The topological polar surface area (TPSA) is 75.7 Å². The molecule has 0 saturated carbocycles. The minimum absolute atomic E-state index is 0.0613. The molecule has 1 amide bonds. The van der Waals surface area contributed by atoms with Gasteiger partial charge < -0.3 is 10.1 Å². The Bertz CT molecular complexity index is 930. The van der Waals surface area contributed by atoms with Crippen LogP contribution in [0, 0.1) is 5.82 Å². The van der Waals surface area contributed by atoms with Crippen molar-refractivity contribution in [1.82, 2.24) is 5.32 Å². The van der Waals surface area contributed by atoms with E-state index in [4.69, 9.17) is 4.74 Å². The van der Waals surface area contributed by atoms with Crippen LogP contribution in [-0.2, 0) is 21.4 Å². The van der Waals surface area contributed by atoms with Crippen molar-refractivity contribution in [2.24, 2.45) is 0 Å². The Labute approximate surface area is 171 Å². The Morgan fingerprint density at radius 2 is 1.76 bits per heavy atom. The van der Waals surface area contributed by atoms with Crippen molar-refractivity contribution in [3.8, 4) is 5.75 Å².